The van der Waals surface area contributed by atoms with E-state index in [9.17, 15) is 18.0 Å². The number of para-hydroxylation sites is 1. The molecule has 214 valence electrons. The van der Waals surface area contributed by atoms with Crippen LogP contribution in [0.2, 0.25) is 10.0 Å². The van der Waals surface area contributed by atoms with E-state index in [2.05, 4.69) is 5.32 Å². The summed E-state index contributed by atoms with van der Waals surface area (Å²) in [6, 6.07) is 18.1. The Kier molecular flexibility index (Phi) is 10.8. The van der Waals surface area contributed by atoms with Crippen LogP contribution in [0.5, 0.6) is 5.75 Å². The summed E-state index contributed by atoms with van der Waals surface area (Å²) in [7, 11) is -2.69. The third-order valence-corrected chi connectivity index (χ3v) is 8.52. The molecular formula is C29H33Cl2N3O5S. The predicted octanol–water partition coefficient (Wildman–Crippen LogP) is 5.53. The Labute approximate surface area is 245 Å². The molecule has 1 atom stereocenters. The number of hydrogen-bond donors (Lipinski definition) is 1. The maximum atomic E-state index is 14.0. The number of carbonyl (C=O) groups excluding carboxylic acids is 2. The normalized spacial score (nSPS) is 12.1. The summed E-state index contributed by atoms with van der Waals surface area (Å²) in [6.45, 7) is 4.87. The number of rotatable bonds is 12. The quantitative estimate of drug-likeness (QED) is 0.293. The molecule has 0 saturated heterocycles. The number of carbonyl (C=O) groups is 2. The molecule has 3 aromatic carbocycles. The number of methoxy groups -OCH3 is 1. The van der Waals surface area contributed by atoms with Crippen LogP contribution in [0.4, 0.5) is 5.69 Å². The number of nitrogens with zero attached hydrogens (tertiary/aromatic N) is 2. The Morgan fingerprint density at radius 2 is 1.62 bits per heavy atom. The van der Waals surface area contributed by atoms with Crippen molar-refractivity contribution < 1.29 is 22.7 Å². The third kappa shape index (κ3) is 7.68. The van der Waals surface area contributed by atoms with Crippen LogP contribution in [0.25, 0.3) is 0 Å². The first kappa shape index (κ1) is 31.3. The van der Waals surface area contributed by atoms with Gasteiger partial charge in [-0.05, 0) is 74.4 Å². The van der Waals surface area contributed by atoms with Gasteiger partial charge in [0.2, 0.25) is 11.8 Å². The Balaban J connectivity index is 2.06. The van der Waals surface area contributed by atoms with Gasteiger partial charge in [-0.2, -0.15) is 0 Å². The lowest BCUT2D eigenvalue weighted by Crippen LogP contribution is -2.53. The number of ether oxygens (including phenoxy) is 1. The van der Waals surface area contributed by atoms with Crippen molar-refractivity contribution in [1.82, 2.24) is 10.2 Å². The van der Waals surface area contributed by atoms with Crippen LogP contribution in [0.15, 0.2) is 77.7 Å². The molecule has 0 aliphatic heterocycles. The highest BCUT2D eigenvalue weighted by Gasteiger charge is 2.34. The molecule has 0 bridgehead atoms. The Morgan fingerprint density at radius 1 is 0.975 bits per heavy atom. The van der Waals surface area contributed by atoms with Crippen LogP contribution >= 0.6 is 23.2 Å². The number of amides is 2. The molecule has 3 aromatic rings. The maximum Gasteiger partial charge on any atom is 0.264 e. The first-order chi connectivity index (χ1) is 19.0. The highest BCUT2D eigenvalue weighted by molar-refractivity contribution is 7.92. The summed E-state index contributed by atoms with van der Waals surface area (Å²) in [5.74, 6) is -0.424. The van der Waals surface area contributed by atoms with Crippen molar-refractivity contribution in [2.45, 2.75) is 50.7 Å². The first-order valence-corrected chi connectivity index (χ1v) is 14.9. The number of nitrogens with one attached hydrogen (secondary N) is 1. The van der Waals surface area contributed by atoms with Crippen LogP contribution in [-0.2, 0) is 26.2 Å². The van der Waals surface area contributed by atoms with E-state index in [1.807, 2.05) is 13.8 Å². The summed E-state index contributed by atoms with van der Waals surface area (Å²) in [4.78, 5) is 28.6. The van der Waals surface area contributed by atoms with E-state index < -0.39 is 28.5 Å². The summed E-state index contributed by atoms with van der Waals surface area (Å²) in [6.07, 6.45) is 0.298. The minimum atomic E-state index is -4.18. The fraction of sp³-hybridized carbons (Fsp3) is 0.310. The van der Waals surface area contributed by atoms with Crippen molar-refractivity contribution >= 4 is 50.7 Å². The van der Waals surface area contributed by atoms with Crippen LogP contribution in [0, 0.1) is 0 Å². The van der Waals surface area contributed by atoms with Gasteiger partial charge in [-0.1, -0.05) is 54.4 Å². The van der Waals surface area contributed by atoms with Crippen molar-refractivity contribution in [1.29, 1.82) is 0 Å². The van der Waals surface area contributed by atoms with Crippen molar-refractivity contribution in [3.05, 3.63) is 88.4 Å². The van der Waals surface area contributed by atoms with Gasteiger partial charge in [0.05, 0.1) is 17.7 Å². The SMILES string of the molecule is CC[C@@H](C(=O)NC(C)C)N(Cc1ccc(Cl)cc1Cl)C(=O)CN(c1ccccc1)S(=O)(=O)c1ccc(OC)cc1. The van der Waals surface area contributed by atoms with Gasteiger partial charge in [-0.3, -0.25) is 13.9 Å². The Bertz CT molecular complexity index is 1420. The molecule has 0 radical (unpaired) electrons. The summed E-state index contributed by atoms with van der Waals surface area (Å²) in [5, 5.41) is 3.62. The monoisotopic (exact) mass is 605 g/mol. The zero-order chi connectivity index (χ0) is 29.4. The second kappa shape index (κ2) is 13.9. The van der Waals surface area contributed by atoms with Gasteiger partial charge in [-0.15, -0.1) is 0 Å². The van der Waals surface area contributed by atoms with Gasteiger partial charge in [0, 0.05) is 22.6 Å². The summed E-state index contributed by atoms with van der Waals surface area (Å²) < 4.78 is 33.9. The van der Waals surface area contributed by atoms with Gasteiger partial charge in [0.25, 0.3) is 10.0 Å². The molecule has 11 heteroatoms. The van der Waals surface area contributed by atoms with E-state index in [0.29, 0.717) is 33.5 Å². The average Bonchev–Trinajstić information content (AvgIpc) is 2.92. The highest BCUT2D eigenvalue weighted by atomic mass is 35.5. The minimum absolute atomic E-state index is 0.0122. The van der Waals surface area contributed by atoms with E-state index in [1.165, 1.54) is 36.3 Å². The zero-order valence-electron chi connectivity index (χ0n) is 22.8. The molecule has 3 rings (SSSR count). The average molecular weight is 607 g/mol. The van der Waals surface area contributed by atoms with Gasteiger partial charge >= 0.3 is 0 Å². The van der Waals surface area contributed by atoms with Gasteiger partial charge in [-0.25, -0.2) is 8.42 Å². The van der Waals surface area contributed by atoms with Crippen molar-refractivity contribution in [3.63, 3.8) is 0 Å². The molecule has 0 aliphatic rings. The lowest BCUT2D eigenvalue weighted by Gasteiger charge is -2.33. The van der Waals surface area contributed by atoms with Crippen LogP contribution in [-0.4, -0.2) is 50.9 Å². The van der Waals surface area contributed by atoms with E-state index in [4.69, 9.17) is 27.9 Å². The summed E-state index contributed by atoms with van der Waals surface area (Å²) >= 11 is 12.5. The standard InChI is InChI=1S/C29H33Cl2N3O5S/c1-5-27(29(36)32-20(2)3)33(18-21-11-12-22(30)17-26(21)31)28(35)19-34(23-9-7-6-8-10-23)40(37,38)25-15-13-24(39-4)14-16-25/h6-17,20,27H,5,18-19H2,1-4H3,(H,32,36)/t27-/m0/s1. The molecule has 0 fully saturated rings. The largest absolute Gasteiger partial charge is 0.497 e. The number of halogens is 2. The summed E-state index contributed by atoms with van der Waals surface area (Å²) in [5.41, 5.74) is 0.871. The van der Waals surface area contributed by atoms with Crippen LogP contribution in [0.3, 0.4) is 0 Å². The fourth-order valence-electron chi connectivity index (χ4n) is 4.13. The second-order valence-electron chi connectivity index (χ2n) is 9.37. The van der Waals surface area contributed by atoms with Gasteiger partial charge in [0.1, 0.15) is 18.3 Å². The first-order valence-electron chi connectivity index (χ1n) is 12.7. The molecule has 8 nitrogen and oxygen atoms in total. The maximum absolute atomic E-state index is 14.0. The van der Waals surface area contributed by atoms with E-state index in [0.717, 1.165) is 4.31 Å². The molecule has 0 unspecified atom stereocenters. The Morgan fingerprint density at radius 3 is 2.17 bits per heavy atom. The molecule has 2 amide bonds. The molecule has 0 aromatic heterocycles. The second-order valence-corrected chi connectivity index (χ2v) is 12.1. The molecule has 0 spiro atoms. The molecule has 0 heterocycles. The predicted molar refractivity (Wildman–Crippen MR) is 158 cm³/mol. The molecule has 1 N–H and O–H groups in total. The highest BCUT2D eigenvalue weighted by Crippen LogP contribution is 2.27. The fourth-order valence-corrected chi connectivity index (χ4v) is 6.01. The van der Waals surface area contributed by atoms with Crippen molar-refractivity contribution in [3.8, 4) is 5.75 Å². The van der Waals surface area contributed by atoms with Crippen molar-refractivity contribution in [2.75, 3.05) is 18.0 Å². The number of benzene rings is 3. The molecule has 40 heavy (non-hydrogen) atoms. The van der Waals surface area contributed by atoms with Crippen LogP contribution in [0.1, 0.15) is 32.8 Å². The van der Waals surface area contributed by atoms with Gasteiger partial charge in [0.15, 0.2) is 0 Å². The van der Waals surface area contributed by atoms with E-state index >= 15 is 0 Å². The molecular weight excluding hydrogens is 573 g/mol. The smallest absolute Gasteiger partial charge is 0.264 e. The molecule has 0 aliphatic carbocycles. The lowest BCUT2D eigenvalue weighted by atomic mass is 10.1. The lowest BCUT2D eigenvalue weighted by molar-refractivity contribution is -0.140. The van der Waals surface area contributed by atoms with E-state index in [1.54, 1.807) is 55.5 Å². The third-order valence-electron chi connectivity index (χ3n) is 6.14. The number of hydrogen-bond acceptors (Lipinski definition) is 5. The zero-order valence-corrected chi connectivity index (χ0v) is 25.1. The van der Waals surface area contributed by atoms with Crippen molar-refractivity contribution in [2.24, 2.45) is 0 Å². The topological polar surface area (TPSA) is 96.0 Å². The number of sulfonamides is 1. The van der Waals surface area contributed by atoms with Gasteiger partial charge < -0.3 is 15.0 Å². The molecule has 0 saturated carbocycles. The van der Waals surface area contributed by atoms with E-state index in [-0.39, 0.29) is 23.4 Å². The number of anilines is 1. The Hall–Kier alpha value is -3.27. The van der Waals surface area contributed by atoms with Crippen LogP contribution < -0.4 is 14.4 Å². The minimum Gasteiger partial charge on any atom is -0.497 e.